The lowest BCUT2D eigenvalue weighted by Gasteiger charge is -2.20. The number of carbonyl (C=O) groups is 1. The van der Waals surface area contributed by atoms with E-state index in [9.17, 15) is 9.90 Å². The van der Waals surface area contributed by atoms with E-state index in [1.807, 2.05) is 17.0 Å². The van der Waals surface area contributed by atoms with Gasteiger partial charge in [0.1, 0.15) is 0 Å². The third-order valence-corrected chi connectivity index (χ3v) is 3.93. The van der Waals surface area contributed by atoms with E-state index in [-0.39, 0.29) is 11.8 Å². The number of amides is 1. The van der Waals surface area contributed by atoms with Crippen molar-refractivity contribution < 1.29 is 14.6 Å². The van der Waals surface area contributed by atoms with Gasteiger partial charge in [-0.15, -0.1) is 0 Å². The first-order valence-corrected chi connectivity index (χ1v) is 7.20. The highest BCUT2D eigenvalue weighted by atomic mass is 35.5. The van der Waals surface area contributed by atoms with Gasteiger partial charge >= 0.3 is 0 Å². The van der Waals surface area contributed by atoms with Crippen molar-refractivity contribution in [2.24, 2.45) is 5.92 Å². The number of rotatable bonds is 6. The Morgan fingerprint density at radius 1 is 1.45 bits per heavy atom. The molecular weight excluding hydrogens is 278 g/mol. The molecule has 1 aliphatic rings. The van der Waals surface area contributed by atoms with Crippen molar-refractivity contribution in [2.75, 3.05) is 26.8 Å². The van der Waals surface area contributed by atoms with Crippen LogP contribution >= 0.6 is 11.6 Å². The number of nitrogens with zero attached hydrogens (tertiary/aromatic N) is 1. The second-order valence-electron chi connectivity index (χ2n) is 5.15. The van der Waals surface area contributed by atoms with Crippen LogP contribution in [0.15, 0.2) is 24.3 Å². The van der Waals surface area contributed by atoms with Crippen LogP contribution in [-0.4, -0.2) is 42.7 Å². The van der Waals surface area contributed by atoms with Gasteiger partial charge in [-0.2, -0.15) is 0 Å². The topological polar surface area (TPSA) is 49.8 Å². The summed E-state index contributed by atoms with van der Waals surface area (Å²) in [7, 11) is 1.65. The van der Waals surface area contributed by atoms with E-state index >= 15 is 0 Å². The summed E-state index contributed by atoms with van der Waals surface area (Å²) < 4.78 is 4.99. The summed E-state index contributed by atoms with van der Waals surface area (Å²) >= 11 is 5.84. The van der Waals surface area contributed by atoms with Crippen LogP contribution in [0.4, 0.5) is 0 Å². The van der Waals surface area contributed by atoms with Crippen molar-refractivity contribution in [1.29, 1.82) is 0 Å². The number of hydrogen-bond acceptors (Lipinski definition) is 3. The minimum Gasteiger partial charge on any atom is -0.388 e. The molecule has 0 saturated carbocycles. The summed E-state index contributed by atoms with van der Waals surface area (Å²) in [6, 6.07) is 7.14. The fraction of sp³-hybridized carbons (Fsp3) is 0.533. The predicted octanol–water partition coefficient (Wildman–Crippen LogP) is 2.26. The summed E-state index contributed by atoms with van der Waals surface area (Å²) in [5.41, 5.74) is 0.811. The Labute approximate surface area is 124 Å². The van der Waals surface area contributed by atoms with Gasteiger partial charge in [0.25, 0.3) is 0 Å². The van der Waals surface area contributed by atoms with E-state index in [1.165, 1.54) is 0 Å². The van der Waals surface area contributed by atoms with Crippen LogP contribution in [0.3, 0.4) is 0 Å². The van der Waals surface area contributed by atoms with Crippen LogP contribution in [0.2, 0.25) is 5.02 Å². The van der Waals surface area contributed by atoms with Crippen molar-refractivity contribution in [3.63, 3.8) is 0 Å². The number of benzene rings is 1. The van der Waals surface area contributed by atoms with Crippen LogP contribution in [0.1, 0.15) is 24.5 Å². The maximum absolute atomic E-state index is 11.9. The first-order valence-electron chi connectivity index (χ1n) is 6.82. The molecule has 1 heterocycles. The predicted molar refractivity (Wildman–Crippen MR) is 77.6 cm³/mol. The minimum absolute atomic E-state index is 0.0498. The molecule has 0 bridgehead atoms. The number of ether oxygens (including phenoxy) is 1. The Hall–Kier alpha value is -1.10. The Bertz CT molecular complexity index is 449. The zero-order chi connectivity index (χ0) is 14.5. The van der Waals surface area contributed by atoms with Gasteiger partial charge in [-0.3, -0.25) is 4.79 Å². The van der Waals surface area contributed by atoms with Gasteiger partial charge in [-0.1, -0.05) is 23.7 Å². The molecule has 5 heteroatoms. The molecule has 110 valence electrons. The van der Waals surface area contributed by atoms with E-state index in [0.717, 1.165) is 12.0 Å². The van der Waals surface area contributed by atoms with Crippen LogP contribution in [0.25, 0.3) is 0 Å². The molecule has 1 saturated heterocycles. The molecule has 2 unspecified atom stereocenters. The highest BCUT2D eigenvalue weighted by Crippen LogP contribution is 2.31. The summed E-state index contributed by atoms with van der Waals surface area (Å²) in [6.45, 7) is 1.94. The molecule has 4 nitrogen and oxygen atoms in total. The van der Waals surface area contributed by atoms with Crippen LogP contribution < -0.4 is 0 Å². The molecule has 1 aromatic rings. The highest BCUT2D eigenvalue weighted by molar-refractivity contribution is 6.30. The lowest BCUT2D eigenvalue weighted by molar-refractivity contribution is -0.127. The number of halogens is 1. The van der Waals surface area contributed by atoms with Gasteiger partial charge in [-0.25, -0.2) is 0 Å². The first-order chi connectivity index (χ1) is 9.61. The Balaban J connectivity index is 1.93. The van der Waals surface area contributed by atoms with Gasteiger partial charge in [0.05, 0.1) is 6.10 Å². The Morgan fingerprint density at radius 2 is 2.15 bits per heavy atom. The van der Waals surface area contributed by atoms with Crippen LogP contribution in [0, 0.1) is 5.92 Å². The van der Waals surface area contributed by atoms with Crippen molar-refractivity contribution in [1.82, 2.24) is 4.90 Å². The number of likely N-dealkylation sites (tertiary alicyclic amines) is 1. The minimum atomic E-state index is -0.622. The summed E-state index contributed by atoms with van der Waals surface area (Å²) in [5, 5.41) is 11.0. The average molecular weight is 298 g/mol. The van der Waals surface area contributed by atoms with Crippen molar-refractivity contribution >= 4 is 17.5 Å². The number of aliphatic hydroxyl groups excluding tert-OH is 1. The Morgan fingerprint density at radius 3 is 2.80 bits per heavy atom. The fourth-order valence-corrected chi connectivity index (χ4v) is 2.69. The molecule has 0 aromatic heterocycles. The number of hydrogen-bond donors (Lipinski definition) is 1. The zero-order valence-corrected chi connectivity index (χ0v) is 12.3. The average Bonchev–Trinajstić information content (AvgIpc) is 2.81. The first kappa shape index (κ1) is 15.3. The monoisotopic (exact) mass is 297 g/mol. The van der Waals surface area contributed by atoms with E-state index in [2.05, 4.69) is 0 Å². The fourth-order valence-electron chi connectivity index (χ4n) is 2.56. The Kier molecular flexibility index (Phi) is 5.40. The maximum Gasteiger partial charge on any atom is 0.223 e. The molecule has 1 aliphatic heterocycles. The largest absolute Gasteiger partial charge is 0.388 e. The van der Waals surface area contributed by atoms with Gasteiger partial charge in [-0.05, 0) is 24.1 Å². The summed E-state index contributed by atoms with van der Waals surface area (Å²) in [4.78, 5) is 13.7. The molecule has 2 rings (SSSR count). The molecule has 0 radical (unpaired) electrons. The number of carbonyl (C=O) groups excluding carboxylic acids is 1. The van der Waals surface area contributed by atoms with E-state index in [0.29, 0.717) is 31.1 Å². The quantitative estimate of drug-likeness (QED) is 0.820. The van der Waals surface area contributed by atoms with E-state index < -0.39 is 6.10 Å². The molecule has 0 aliphatic carbocycles. The number of aliphatic hydroxyl groups is 1. The van der Waals surface area contributed by atoms with Gasteiger partial charge in [0.2, 0.25) is 5.91 Å². The second kappa shape index (κ2) is 7.07. The molecular formula is C15H20ClNO3. The summed E-state index contributed by atoms with van der Waals surface area (Å²) in [5.74, 6) is 0.0605. The van der Waals surface area contributed by atoms with Gasteiger partial charge in [0, 0.05) is 44.2 Å². The second-order valence-corrected chi connectivity index (χ2v) is 5.58. The van der Waals surface area contributed by atoms with Crippen molar-refractivity contribution in [2.45, 2.75) is 18.9 Å². The SMILES string of the molecule is COCCCN1CC(C(O)c2ccc(Cl)cc2)CC1=O. The third-order valence-electron chi connectivity index (χ3n) is 3.68. The molecule has 1 aromatic carbocycles. The maximum atomic E-state index is 11.9. The van der Waals surface area contributed by atoms with Crippen molar-refractivity contribution in [3.8, 4) is 0 Å². The molecule has 20 heavy (non-hydrogen) atoms. The molecule has 1 N–H and O–H groups in total. The van der Waals surface area contributed by atoms with E-state index in [1.54, 1.807) is 19.2 Å². The summed E-state index contributed by atoms with van der Waals surface area (Å²) in [6.07, 6.45) is 0.603. The standard InChI is InChI=1S/C15H20ClNO3/c1-20-8-2-7-17-10-12(9-14(17)18)15(19)11-3-5-13(16)6-4-11/h3-6,12,15,19H,2,7-10H2,1H3. The molecule has 0 spiro atoms. The van der Waals surface area contributed by atoms with E-state index in [4.69, 9.17) is 16.3 Å². The van der Waals surface area contributed by atoms with Gasteiger partial charge < -0.3 is 14.7 Å². The highest BCUT2D eigenvalue weighted by Gasteiger charge is 2.34. The van der Waals surface area contributed by atoms with Crippen LogP contribution in [-0.2, 0) is 9.53 Å². The zero-order valence-electron chi connectivity index (χ0n) is 11.6. The lowest BCUT2D eigenvalue weighted by Crippen LogP contribution is -2.27. The smallest absolute Gasteiger partial charge is 0.223 e. The lowest BCUT2D eigenvalue weighted by atomic mass is 9.95. The van der Waals surface area contributed by atoms with Crippen LogP contribution in [0.5, 0.6) is 0 Å². The third kappa shape index (κ3) is 3.72. The number of methoxy groups -OCH3 is 1. The normalized spacial score (nSPS) is 20.4. The molecule has 2 atom stereocenters. The molecule has 1 amide bonds. The van der Waals surface area contributed by atoms with Crippen molar-refractivity contribution in [3.05, 3.63) is 34.9 Å². The van der Waals surface area contributed by atoms with Gasteiger partial charge in [0.15, 0.2) is 0 Å². The molecule has 1 fully saturated rings.